The molecule has 700 valence electrons. The molecule has 30 atom stereocenters. The van der Waals surface area contributed by atoms with Crippen molar-refractivity contribution in [2.45, 2.75) is 329 Å². The first-order valence-electron chi connectivity index (χ1n) is 43.2. The van der Waals surface area contributed by atoms with Crippen LogP contribution in [0.15, 0.2) is 12.4 Å². The number of carboxylic acids is 2. The standard InChI is InChI=1S/C80H130N8O35/c1-7-45-29-47(75(105)107-5)31-51(69(45)122-79-67(99)65(97)61(93)41(3)114-79)118-77-59(71(63(95)55(37-89)120-77)116-53(73(101)102)27-43-15-11-9-12-16-43)81-57(91)35-87-33-49(83-85-87)39-112-25-23-110-21-19-109-20-22-111-24-26-113-40-50-34-88(86-84-50)36-58(92)82-60-72(117-54(74(103)104)28-44-17-13-10-14-18-44)64(96)56(38-90)121-78(60)119-52-32-48(76(106)108-6)30-46(8-2)70(52)123-80-68(100)66(98)62(94)42(4)115-80/h33-34,41-48,51-56,59-72,77-80,89-90,93-100H,7-32,35-40H2,1-6H3,(H,81,91)(H,82,92)(H,101,102)(H,103,104)/t41?,42?,45?,46?,47?,48?,51-,52-,53+,54+,55+,56+,59?,60?,61-,62-,63+,64+,65+,66+,67?,68?,69-,70-,71?,72?,77-,78-,79+,80+/m1/s1. The first-order valence-corrected chi connectivity index (χ1v) is 43.2. The number of hydrogen-bond donors (Lipinski definition) is 14. The lowest BCUT2D eigenvalue weighted by molar-refractivity contribution is -0.338. The van der Waals surface area contributed by atoms with Gasteiger partial charge in [-0.25, -0.2) is 19.0 Å². The van der Waals surface area contributed by atoms with E-state index in [4.69, 9.17) is 80.5 Å². The third-order valence-corrected chi connectivity index (χ3v) is 24.7. The zero-order valence-electron chi connectivity index (χ0n) is 70.7. The quantitative estimate of drug-likeness (QED) is 0.0247. The van der Waals surface area contributed by atoms with Gasteiger partial charge in [-0.1, -0.05) is 101 Å². The third-order valence-electron chi connectivity index (χ3n) is 24.7. The van der Waals surface area contributed by atoms with Gasteiger partial charge in [-0.3, -0.25) is 19.2 Å². The number of carboxylic acid groups (broad SMARTS) is 2. The smallest absolute Gasteiger partial charge is 0.332 e. The SMILES string of the molecule is CCC1CC(C(=O)OC)C[C@@H](O[C@@H]2O[C@@H](CO)[C@H](O)C(O[C@@H](CC3CCCCC3)C(=O)O)C2NC(=O)Cn2cc(COCCOCCOCCOCCOCc3cn(CC(=O)NC4C(O[C@@H](CC5CCCCC5)C(=O)O)[C@@H](O)[C@H](CO)O[C@H]4O[C@@H]4CC(C(=O)OC)CC(CC)[C@H]4O[C@@H]4OC(C)[C@@H](O)[C@H](O)C4O)nn3)nn2)[C@@H]1O[C@@H]1OC(C)[C@@H](O)[C@H](O)C1O. The van der Waals surface area contributed by atoms with Crippen molar-refractivity contribution in [3.8, 4) is 0 Å². The molecule has 2 aromatic rings. The van der Waals surface area contributed by atoms with Gasteiger partial charge in [0.2, 0.25) is 11.8 Å². The number of ether oxygens (including phenoxy) is 17. The largest absolute Gasteiger partial charge is 0.479 e. The predicted octanol–water partition coefficient (Wildman–Crippen LogP) is -2.19. The number of aromatic nitrogens is 6. The van der Waals surface area contributed by atoms with Crippen LogP contribution in [0.5, 0.6) is 0 Å². The number of amides is 2. The van der Waals surface area contributed by atoms with Crippen molar-refractivity contribution in [3.63, 3.8) is 0 Å². The Morgan fingerprint density at radius 2 is 0.813 bits per heavy atom. The van der Waals surface area contributed by atoms with Crippen molar-refractivity contribution in [2.24, 2.45) is 35.5 Å². The number of nitrogens with zero attached hydrogens (tertiary/aromatic N) is 6. The highest BCUT2D eigenvalue weighted by atomic mass is 16.8. The Balaban J connectivity index is 0.667. The molecule has 14 N–H and O–H groups in total. The maximum Gasteiger partial charge on any atom is 0.332 e. The second kappa shape index (κ2) is 49.0. The van der Waals surface area contributed by atoms with Gasteiger partial charge in [0.05, 0.1) is 154 Å². The fraction of sp³-hybridized carbons (Fsp3) is 0.875. The van der Waals surface area contributed by atoms with Gasteiger partial charge < -0.3 is 152 Å². The first-order chi connectivity index (χ1) is 59.1. The Morgan fingerprint density at radius 1 is 0.455 bits per heavy atom. The van der Waals surface area contributed by atoms with Crippen LogP contribution in [0, 0.1) is 35.5 Å². The first kappa shape index (κ1) is 99.3. The van der Waals surface area contributed by atoms with Gasteiger partial charge in [0, 0.05) is 0 Å². The lowest BCUT2D eigenvalue weighted by atomic mass is 9.76. The maximum atomic E-state index is 14.3. The molecule has 4 saturated carbocycles. The second-order valence-electron chi connectivity index (χ2n) is 33.3. The van der Waals surface area contributed by atoms with E-state index in [1.165, 1.54) is 49.8 Å². The highest BCUT2D eigenvalue weighted by Crippen LogP contribution is 2.44. The Morgan fingerprint density at radius 3 is 1.15 bits per heavy atom. The summed E-state index contributed by atoms with van der Waals surface area (Å²) in [6, 6.07) is -3.01. The second-order valence-corrected chi connectivity index (χ2v) is 33.3. The van der Waals surface area contributed by atoms with Gasteiger partial charge in [-0.05, 0) is 76.0 Å². The number of hydrogen-bond acceptors (Lipinski definition) is 37. The topological polar surface area (TPSA) is 588 Å². The summed E-state index contributed by atoms with van der Waals surface area (Å²) in [6.07, 6.45) is -21.9. The molecule has 43 heteroatoms. The van der Waals surface area contributed by atoms with Gasteiger partial charge in [0.15, 0.2) is 37.4 Å². The molecule has 8 fully saturated rings. The summed E-state index contributed by atoms with van der Waals surface area (Å²) in [7, 11) is 2.47. The average Bonchev–Trinajstić information content (AvgIpc) is 1.41. The van der Waals surface area contributed by atoms with Crippen molar-refractivity contribution in [3.05, 3.63) is 23.8 Å². The molecule has 0 spiro atoms. The molecular weight excluding hydrogens is 1630 g/mol. The number of aliphatic hydroxyl groups excluding tert-OH is 10. The summed E-state index contributed by atoms with van der Waals surface area (Å²) >= 11 is 0. The molecule has 0 bridgehead atoms. The number of aliphatic hydroxyl groups is 10. The molecular formula is C80H130N8O35. The third kappa shape index (κ3) is 27.6. The van der Waals surface area contributed by atoms with E-state index >= 15 is 0 Å². The van der Waals surface area contributed by atoms with Gasteiger partial charge in [0.25, 0.3) is 0 Å². The van der Waals surface area contributed by atoms with Crippen LogP contribution in [0.1, 0.15) is 155 Å². The number of rotatable bonds is 46. The molecule has 6 heterocycles. The van der Waals surface area contributed by atoms with Crippen molar-refractivity contribution in [2.75, 3.05) is 80.3 Å². The fourth-order valence-corrected chi connectivity index (χ4v) is 17.8. The van der Waals surface area contributed by atoms with Crippen molar-refractivity contribution < 1.29 is 171 Å². The van der Waals surface area contributed by atoms with Crippen LogP contribution in [-0.4, -0.2) is 367 Å². The molecule has 4 aliphatic carbocycles. The van der Waals surface area contributed by atoms with E-state index in [1.54, 1.807) is 0 Å². The minimum absolute atomic E-state index is 0.0138. The highest BCUT2D eigenvalue weighted by Gasteiger charge is 2.57. The van der Waals surface area contributed by atoms with E-state index in [0.29, 0.717) is 24.2 Å². The monoisotopic (exact) mass is 1760 g/mol. The summed E-state index contributed by atoms with van der Waals surface area (Å²) in [6.45, 7) is 5.59. The maximum absolute atomic E-state index is 14.3. The molecule has 8 aliphatic rings. The molecule has 123 heavy (non-hydrogen) atoms. The summed E-state index contributed by atoms with van der Waals surface area (Å²) in [5.41, 5.74) is 0.682. The van der Waals surface area contributed by atoms with Crippen LogP contribution in [-0.2, 0) is 136 Å². The highest BCUT2D eigenvalue weighted by molar-refractivity contribution is 5.77. The Hall–Kier alpha value is -5.90. The normalized spacial score (nSPS) is 35.3. The fourth-order valence-electron chi connectivity index (χ4n) is 17.8. The number of carbonyl (C=O) groups is 6. The Kier molecular flexibility index (Phi) is 39.6. The number of carbonyl (C=O) groups excluding carboxylic acids is 4. The number of aliphatic carboxylic acids is 2. The van der Waals surface area contributed by atoms with Crippen LogP contribution in [0.3, 0.4) is 0 Å². The average molecular weight is 1760 g/mol. The van der Waals surface area contributed by atoms with Crippen molar-refractivity contribution in [1.29, 1.82) is 0 Å². The van der Waals surface area contributed by atoms with E-state index in [1.807, 2.05) is 13.8 Å². The summed E-state index contributed by atoms with van der Waals surface area (Å²) in [5, 5.41) is 153. The predicted molar refractivity (Wildman–Crippen MR) is 415 cm³/mol. The van der Waals surface area contributed by atoms with E-state index in [9.17, 15) is 90.0 Å². The lowest BCUT2D eigenvalue weighted by Gasteiger charge is -2.49. The van der Waals surface area contributed by atoms with Crippen LogP contribution in [0.25, 0.3) is 0 Å². The molecule has 0 aromatic carbocycles. The van der Waals surface area contributed by atoms with Crippen LogP contribution in [0.4, 0.5) is 0 Å². The Bertz CT molecular complexity index is 3310. The van der Waals surface area contributed by atoms with E-state index < -0.39 is 245 Å². The molecule has 2 amide bonds. The van der Waals surface area contributed by atoms with E-state index in [2.05, 4.69) is 31.3 Å². The molecule has 0 radical (unpaired) electrons. The van der Waals surface area contributed by atoms with Gasteiger partial charge in [-0.15, -0.1) is 10.2 Å². The Labute approximate surface area is 712 Å². The molecule has 12 unspecified atom stereocenters. The van der Waals surface area contributed by atoms with Crippen molar-refractivity contribution >= 4 is 35.7 Å². The number of methoxy groups -OCH3 is 2. The van der Waals surface area contributed by atoms with Crippen LogP contribution in [0.2, 0.25) is 0 Å². The van der Waals surface area contributed by atoms with Gasteiger partial charge in [-0.2, -0.15) is 0 Å². The van der Waals surface area contributed by atoms with E-state index in [-0.39, 0.29) is 116 Å². The summed E-state index contributed by atoms with van der Waals surface area (Å²) < 4.78 is 104. The number of nitrogens with one attached hydrogen (secondary N) is 2. The van der Waals surface area contributed by atoms with Crippen LogP contribution < -0.4 is 10.6 Å². The molecule has 4 aliphatic heterocycles. The lowest BCUT2D eigenvalue weighted by Crippen LogP contribution is -2.67. The minimum atomic E-state index is -1.73. The van der Waals surface area contributed by atoms with Crippen LogP contribution >= 0.6 is 0 Å². The number of esters is 2. The molecule has 4 saturated heterocycles. The van der Waals surface area contributed by atoms with E-state index in [0.717, 1.165) is 64.2 Å². The van der Waals surface area contributed by atoms with Gasteiger partial charge >= 0.3 is 23.9 Å². The zero-order valence-corrected chi connectivity index (χ0v) is 70.7. The van der Waals surface area contributed by atoms with Crippen molar-refractivity contribution in [1.82, 2.24) is 40.6 Å². The molecule has 43 nitrogen and oxygen atoms in total. The summed E-state index contributed by atoms with van der Waals surface area (Å²) in [5.74, 6) is -7.80. The zero-order chi connectivity index (χ0) is 88.6. The van der Waals surface area contributed by atoms with Gasteiger partial charge in [0.1, 0.15) is 110 Å². The molecule has 10 rings (SSSR count). The summed E-state index contributed by atoms with van der Waals surface area (Å²) in [4.78, 5) is 81.1. The molecule has 2 aromatic heterocycles. The minimum Gasteiger partial charge on any atom is -0.479 e.